The van der Waals surface area contributed by atoms with Gasteiger partial charge in [0.2, 0.25) is 5.91 Å². The van der Waals surface area contributed by atoms with Crippen molar-refractivity contribution < 1.29 is 4.79 Å². The summed E-state index contributed by atoms with van der Waals surface area (Å²) in [5, 5.41) is 8.12. The van der Waals surface area contributed by atoms with Crippen LogP contribution >= 0.6 is 0 Å². The number of allylic oxidation sites excluding steroid dienone is 1. The molecule has 106 valence electrons. The van der Waals surface area contributed by atoms with Crippen molar-refractivity contribution in [2.45, 2.75) is 6.92 Å². The lowest BCUT2D eigenvalue weighted by atomic mass is 10.0. The first kappa shape index (κ1) is 14.5. The molecule has 0 fully saturated rings. The second-order valence-electron chi connectivity index (χ2n) is 4.79. The van der Waals surface area contributed by atoms with Gasteiger partial charge in [0, 0.05) is 16.8 Å². The van der Waals surface area contributed by atoms with Gasteiger partial charge in [-0.15, -0.1) is 0 Å². The highest BCUT2D eigenvalue weighted by Gasteiger charge is 2.10. The Morgan fingerprint density at radius 2 is 1.57 bits per heavy atom. The molecule has 2 rings (SSSR count). The zero-order valence-electron chi connectivity index (χ0n) is 11.8. The van der Waals surface area contributed by atoms with E-state index in [-0.39, 0.29) is 5.71 Å². The standard InChI is InChI=1S/C17H17N3O/c1-11-6-8-12(9-7-11)15(18)10-16(19)13-4-2-3-5-14(13)17(20)21/h2-10,19H,18H2,1H3,(H2,20,21)/b15-10-,19-16?. The molecule has 4 nitrogen and oxygen atoms in total. The average molecular weight is 279 g/mol. The van der Waals surface area contributed by atoms with Crippen molar-refractivity contribution in [3.05, 3.63) is 76.9 Å². The van der Waals surface area contributed by atoms with Gasteiger partial charge in [0.05, 0.1) is 5.71 Å². The van der Waals surface area contributed by atoms with Gasteiger partial charge in [0.15, 0.2) is 0 Å². The largest absolute Gasteiger partial charge is 0.398 e. The minimum Gasteiger partial charge on any atom is -0.398 e. The fraction of sp³-hybridized carbons (Fsp3) is 0.0588. The number of primary amides is 1. The molecular weight excluding hydrogens is 262 g/mol. The third-order valence-electron chi connectivity index (χ3n) is 3.17. The zero-order valence-corrected chi connectivity index (χ0v) is 11.8. The number of rotatable bonds is 4. The molecule has 0 aliphatic carbocycles. The molecule has 5 N–H and O–H groups in total. The molecule has 0 aromatic heterocycles. The predicted octanol–water partition coefficient (Wildman–Crippen LogP) is 2.46. The Hall–Kier alpha value is -2.88. The molecular formula is C17H17N3O. The van der Waals surface area contributed by atoms with Gasteiger partial charge < -0.3 is 16.9 Å². The molecule has 1 amide bonds. The Kier molecular flexibility index (Phi) is 4.18. The molecule has 4 heteroatoms. The van der Waals surface area contributed by atoms with E-state index in [1.54, 1.807) is 24.3 Å². The van der Waals surface area contributed by atoms with Crippen LogP contribution in [0.4, 0.5) is 0 Å². The van der Waals surface area contributed by atoms with Crippen molar-refractivity contribution >= 4 is 17.3 Å². The van der Waals surface area contributed by atoms with Crippen LogP contribution in [-0.4, -0.2) is 11.6 Å². The zero-order chi connectivity index (χ0) is 15.4. The number of nitrogens with one attached hydrogen (secondary N) is 1. The van der Waals surface area contributed by atoms with Crippen molar-refractivity contribution in [3.63, 3.8) is 0 Å². The highest BCUT2D eigenvalue weighted by atomic mass is 16.1. The van der Waals surface area contributed by atoms with Crippen LogP contribution in [0.15, 0.2) is 54.6 Å². The van der Waals surface area contributed by atoms with Gasteiger partial charge in [-0.2, -0.15) is 0 Å². The molecule has 0 aliphatic heterocycles. The summed E-state index contributed by atoms with van der Waals surface area (Å²) in [5.41, 5.74) is 14.7. The Balaban J connectivity index is 2.35. The van der Waals surface area contributed by atoms with Gasteiger partial charge in [0.1, 0.15) is 0 Å². The van der Waals surface area contributed by atoms with Gasteiger partial charge >= 0.3 is 0 Å². The van der Waals surface area contributed by atoms with Crippen LogP contribution in [0.25, 0.3) is 5.70 Å². The Labute approximate surface area is 123 Å². The first-order valence-electron chi connectivity index (χ1n) is 6.51. The fourth-order valence-corrected chi connectivity index (χ4v) is 2.00. The molecule has 0 saturated carbocycles. The topological polar surface area (TPSA) is 93.0 Å². The average Bonchev–Trinajstić information content (AvgIpc) is 2.47. The number of hydrogen-bond donors (Lipinski definition) is 3. The smallest absolute Gasteiger partial charge is 0.249 e. The van der Waals surface area contributed by atoms with Gasteiger partial charge in [-0.1, -0.05) is 48.0 Å². The number of carbonyl (C=O) groups is 1. The minimum atomic E-state index is -0.558. The van der Waals surface area contributed by atoms with Crippen molar-refractivity contribution in [2.75, 3.05) is 0 Å². The van der Waals surface area contributed by atoms with Crippen LogP contribution in [0.3, 0.4) is 0 Å². The number of amides is 1. The Morgan fingerprint density at radius 3 is 2.14 bits per heavy atom. The first-order chi connectivity index (χ1) is 9.99. The van der Waals surface area contributed by atoms with Crippen LogP contribution in [0.1, 0.15) is 27.0 Å². The van der Waals surface area contributed by atoms with E-state index in [9.17, 15) is 4.79 Å². The lowest BCUT2D eigenvalue weighted by molar-refractivity contribution is 0.1000. The van der Waals surface area contributed by atoms with Gasteiger partial charge in [-0.25, -0.2) is 0 Å². The maximum atomic E-state index is 11.4. The maximum absolute atomic E-state index is 11.4. The lowest BCUT2D eigenvalue weighted by Crippen LogP contribution is -2.16. The van der Waals surface area contributed by atoms with Crippen LogP contribution in [-0.2, 0) is 0 Å². The maximum Gasteiger partial charge on any atom is 0.249 e. The van der Waals surface area contributed by atoms with E-state index < -0.39 is 5.91 Å². The quantitative estimate of drug-likeness (QED) is 0.750. The van der Waals surface area contributed by atoms with E-state index in [4.69, 9.17) is 16.9 Å². The molecule has 0 aliphatic rings. The molecule has 0 radical (unpaired) electrons. The van der Waals surface area contributed by atoms with Crippen LogP contribution in [0.2, 0.25) is 0 Å². The molecule has 0 saturated heterocycles. The molecule has 21 heavy (non-hydrogen) atoms. The fourth-order valence-electron chi connectivity index (χ4n) is 2.00. The van der Waals surface area contributed by atoms with Crippen molar-refractivity contribution in [2.24, 2.45) is 11.5 Å². The highest BCUT2D eigenvalue weighted by molar-refractivity contribution is 6.15. The highest BCUT2D eigenvalue weighted by Crippen LogP contribution is 2.14. The molecule has 2 aromatic rings. The van der Waals surface area contributed by atoms with E-state index in [2.05, 4.69) is 0 Å². The Bertz CT molecular complexity index is 715. The summed E-state index contributed by atoms with van der Waals surface area (Å²) in [6.07, 6.45) is 1.53. The van der Waals surface area contributed by atoms with Gasteiger partial charge in [-0.05, 0) is 24.6 Å². The number of carbonyl (C=O) groups excluding carboxylic acids is 1. The van der Waals surface area contributed by atoms with Crippen molar-refractivity contribution in [3.8, 4) is 0 Å². The molecule has 0 heterocycles. The molecule has 0 atom stereocenters. The third-order valence-corrected chi connectivity index (χ3v) is 3.17. The summed E-state index contributed by atoms with van der Waals surface area (Å²) in [6, 6.07) is 14.5. The van der Waals surface area contributed by atoms with Crippen LogP contribution in [0, 0.1) is 12.3 Å². The van der Waals surface area contributed by atoms with Gasteiger partial charge in [0.25, 0.3) is 0 Å². The summed E-state index contributed by atoms with van der Waals surface area (Å²) >= 11 is 0. The summed E-state index contributed by atoms with van der Waals surface area (Å²) in [6.45, 7) is 1.99. The summed E-state index contributed by atoms with van der Waals surface area (Å²) < 4.78 is 0. The minimum absolute atomic E-state index is 0.155. The lowest BCUT2D eigenvalue weighted by Gasteiger charge is -2.07. The normalized spacial score (nSPS) is 11.2. The molecule has 0 unspecified atom stereocenters. The van der Waals surface area contributed by atoms with E-state index >= 15 is 0 Å². The van der Waals surface area contributed by atoms with E-state index in [1.165, 1.54) is 6.08 Å². The monoisotopic (exact) mass is 279 g/mol. The molecule has 2 aromatic carbocycles. The number of aryl methyl sites for hydroxylation is 1. The van der Waals surface area contributed by atoms with Crippen LogP contribution in [0.5, 0.6) is 0 Å². The van der Waals surface area contributed by atoms with E-state index in [1.807, 2.05) is 31.2 Å². The SMILES string of the molecule is Cc1ccc(/C(N)=C/C(=N)c2ccccc2C(N)=O)cc1. The summed E-state index contributed by atoms with van der Waals surface area (Å²) in [5.74, 6) is -0.558. The number of nitrogens with two attached hydrogens (primary N) is 2. The van der Waals surface area contributed by atoms with Gasteiger partial charge in [-0.3, -0.25) is 4.79 Å². The van der Waals surface area contributed by atoms with E-state index in [0.717, 1.165) is 11.1 Å². The number of benzene rings is 2. The summed E-state index contributed by atoms with van der Waals surface area (Å²) in [4.78, 5) is 11.4. The molecule has 0 spiro atoms. The Morgan fingerprint density at radius 1 is 1.00 bits per heavy atom. The van der Waals surface area contributed by atoms with E-state index in [0.29, 0.717) is 16.8 Å². The number of hydrogen-bond acceptors (Lipinski definition) is 3. The second-order valence-corrected chi connectivity index (χ2v) is 4.79. The molecule has 0 bridgehead atoms. The van der Waals surface area contributed by atoms with Crippen molar-refractivity contribution in [1.29, 1.82) is 5.41 Å². The first-order valence-corrected chi connectivity index (χ1v) is 6.51. The van der Waals surface area contributed by atoms with Crippen LogP contribution < -0.4 is 11.5 Å². The second kappa shape index (κ2) is 6.05. The predicted molar refractivity (Wildman–Crippen MR) is 85.1 cm³/mol. The third kappa shape index (κ3) is 3.36. The summed E-state index contributed by atoms with van der Waals surface area (Å²) in [7, 11) is 0. The van der Waals surface area contributed by atoms with Crippen molar-refractivity contribution in [1.82, 2.24) is 0 Å².